The number of nitrogens with one attached hydrogen (secondary N) is 1. The molecule has 6 heteroatoms. The number of rotatable bonds is 2. The van der Waals surface area contributed by atoms with Crippen LogP contribution in [-0.2, 0) is 0 Å². The van der Waals surface area contributed by atoms with E-state index in [4.69, 9.17) is 11.0 Å². The molecule has 1 aromatic rings. The van der Waals surface area contributed by atoms with Crippen molar-refractivity contribution >= 4 is 34.1 Å². The van der Waals surface area contributed by atoms with E-state index < -0.39 is 0 Å². The third-order valence-corrected chi connectivity index (χ3v) is 4.05. The minimum Gasteiger partial charge on any atom is -0.382 e. The van der Waals surface area contributed by atoms with Gasteiger partial charge in [0.05, 0.1) is 0 Å². The molecule has 1 aliphatic heterocycles. The summed E-state index contributed by atoms with van der Waals surface area (Å²) in [5.41, 5.74) is 6.05. The summed E-state index contributed by atoms with van der Waals surface area (Å²) in [7, 11) is 0. The molecule has 1 fully saturated rings. The first kappa shape index (κ1) is 9.62. The van der Waals surface area contributed by atoms with E-state index in [1.165, 1.54) is 17.3 Å². The lowest BCUT2D eigenvalue weighted by Gasteiger charge is -2.09. The second-order valence-electron chi connectivity index (χ2n) is 3.09. The van der Waals surface area contributed by atoms with E-state index in [-0.39, 0.29) is 0 Å². The van der Waals surface area contributed by atoms with Gasteiger partial charge in [0.15, 0.2) is 5.82 Å². The molecule has 14 heavy (non-hydrogen) atoms. The maximum atomic E-state index is 8.85. The molecule has 1 unspecified atom stereocenters. The summed E-state index contributed by atoms with van der Waals surface area (Å²) in [5, 5.41) is 13.0. The van der Waals surface area contributed by atoms with E-state index >= 15 is 0 Å². The van der Waals surface area contributed by atoms with Crippen molar-refractivity contribution in [3.63, 3.8) is 0 Å². The van der Waals surface area contributed by atoms with Gasteiger partial charge >= 0.3 is 0 Å². The fraction of sp³-hybridized carbons (Fsp3) is 0.500. The summed E-state index contributed by atoms with van der Waals surface area (Å²) in [4.78, 5) is 0. The van der Waals surface area contributed by atoms with Crippen LogP contribution in [0.5, 0.6) is 0 Å². The van der Waals surface area contributed by atoms with Gasteiger partial charge in [-0.2, -0.15) is 21.4 Å². The smallest absolute Gasteiger partial charge is 0.157 e. The average Bonchev–Trinajstić information content (AvgIpc) is 2.77. The van der Waals surface area contributed by atoms with Crippen molar-refractivity contribution in [2.24, 2.45) is 0 Å². The molecule has 2 heterocycles. The minimum absolute atomic E-state index is 0.339. The molecule has 3 N–H and O–H groups in total. The second-order valence-corrected chi connectivity index (χ2v) is 5.01. The second kappa shape index (κ2) is 4.07. The number of hydrogen-bond donors (Lipinski definition) is 2. The number of hydrogen-bond acceptors (Lipinski definition) is 6. The normalized spacial score (nSPS) is 20.6. The van der Waals surface area contributed by atoms with Crippen LogP contribution in [-0.4, -0.2) is 21.9 Å². The van der Waals surface area contributed by atoms with Crippen LogP contribution in [0.4, 0.5) is 10.8 Å². The summed E-state index contributed by atoms with van der Waals surface area (Å²) in [5.74, 6) is 2.63. The Bertz CT molecular complexity index is 362. The Morgan fingerprint density at radius 1 is 1.64 bits per heavy atom. The molecule has 1 aromatic heterocycles. The predicted molar refractivity (Wildman–Crippen MR) is 60.6 cm³/mol. The van der Waals surface area contributed by atoms with Crippen LogP contribution in [0, 0.1) is 11.3 Å². The quantitative estimate of drug-likeness (QED) is 0.799. The molecule has 0 amide bonds. The molecule has 0 spiro atoms. The van der Waals surface area contributed by atoms with E-state index in [2.05, 4.69) is 15.8 Å². The highest BCUT2D eigenvalue weighted by molar-refractivity contribution is 7.99. The number of nitrogens with two attached hydrogens (primary N) is 1. The fourth-order valence-electron chi connectivity index (χ4n) is 1.34. The zero-order chi connectivity index (χ0) is 9.97. The van der Waals surface area contributed by atoms with Gasteiger partial charge in [-0.25, -0.2) is 0 Å². The maximum Gasteiger partial charge on any atom is 0.157 e. The molecule has 0 saturated carbocycles. The number of thioether (sulfide) groups is 1. The van der Waals surface area contributed by atoms with Gasteiger partial charge in [0.25, 0.3) is 0 Å². The summed E-state index contributed by atoms with van der Waals surface area (Å²) < 4.78 is 3.96. The van der Waals surface area contributed by atoms with Crippen LogP contribution < -0.4 is 11.1 Å². The monoisotopic (exact) mass is 226 g/mol. The third kappa shape index (κ3) is 1.79. The topological polar surface area (TPSA) is 74.7 Å². The van der Waals surface area contributed by atoms with Crippen molar-refractivity contribution in [2.75, 3.05) is 22.6 Å². The number of anilines is 2. The van der Waals surface area contributed by atoms with Crippen molar-refractivity contribution in [2.45, 2.75) is 12.5 Å². The van der Waals surface area contributed by atoms with Crippen LogP contribution in [0.3, 0.4) is 0 Å². The van der Waals surface area contributed by atoms with E-state index in [0.717, 1.165) is 17.2 Å². The van der Waals surface area contributed by atoms with Crippen LogP contribution in [0.1, 0.15) is 12.0 Å². The molecule has 0 aliphatic carbocycles. The Morgan fingerprint density at radius 3 is 3.14 bits per heavy atom. The zero-order valence-corrected chi connectivity index (χ0v) is 9.12. The zero-order valence-electron chi connectivity index (χ0n) is 7.49. The van der Waals surface area contributed by atoms with Crippen molar-refractivity contribution in [1.29, 1.82) is 5.26 Å². The van der Waals surface area contributed by atoms with E-state index in [0.29, 0.717) is 17.4 Å². The van der Waals surface area contributed by atoms with Crippen molar-refractivity contribution in [3.8, 4) is 6.07 Å². The Balaban J connectivity index is 2.12. The molecular weight excluding hydrogens is 216 g/mol. The van der Waals surface area contributed by atoms with Gasteiger partial charge in [-0.15, -0.1) is 0 Å². The first-order valence-corrected chi connectivity index (χ1v) is 6.23. The molecule has 1 atom stereocenters. The molecule has 74 valence electrons. The highest BCUT2D eigenvalue weighted by atomic mass is 32.2. The van der Waals surface area contributed by atoms with Crippen molar-refractivity contribution < 1.29 is 0 Å². The van der Waals surface area contributed by atoms with Gasteiger partial charge in [0, 0.05) is 11.8 Å². The first-order chi connectivity index (χ1) is 6.81. The Kier molecular flexibility index (Phi) is 2.79. The Hall–Kier alpha value is -0.930. The number of nitriles is 1. The van der Waals surface area contributed by atoms with Crippen LogP contribution in [0.25, 0.3) is 0 Å². The maximum absolute atomic E-state index is 8.85. The first-order valence-electron chi connectivity index (χ1n) is 4.31. The van der Waals surface area contributed by atoms with E-state index in [1.807, 2.05) is 11.8 Å². The predicted octanol–water partition coefficient (Wildman–Crippen LogP) is 1.51. The van der Waals surface area contributed by atoms with Gasteiger partial charge < -0.3 is 11.1 Å². The highest BCUT2D eigenvalue weighted by Crippen LogP contribution is 2.29. The lowest BCUT2D eigenvalue weighted by Crippen LogP contribution is -2.17. The summed E-state index contributed by atoms with van der Waals surface area (Å²) in [6.45, 7) is 0. The highest BCUT2D eigenvalue weighted by Gasteiger charge is 2.18. The van der Waals surface area contributed by atoms with Crippen molar-refractivity contribution in [3.05, 3.63) is 5.56 Å². The number of aromatic nitrogens is 1. The Labute approximate surface area is 90.7 Å². The van der Waals surface area contributed by atoms with Gasteiger partial charge in [0.1, 0.15) is 16.6 Å². The van der Waals surface area contributed by atoms with Crippen LogP contribution in [0.15, 0.2) is 0 Å². The molecule has 0 bridgehead atoms. The van der Waals surface area contributed by atoms with E-state index in [1.54, 1.807) is 0 Å². The van der Waals surface area contributed by atoms with E-state index in [9.17, 15) is 0 Å². The molecular formula is C8H10N4S2. The van der Waals surface area contributed by atoms with Crippen LogP contribution in [0.2, 0.25) is 0 Å². The summed E-state index contributed by atoms with van der Waals surface area (Å²) in [6, 6.07) is 2.54. The lowest BCUT2D eigenvalue weighted by molar-refractivity contribution is 0.816. The molecule has 1 aliphatic rings. The molecule has 0 aromatic carbocycles. The SMILES string of the molecule is N#Cc1c(N)nsc1NC1CCSC1. The lowest BCUT2D eigenvalue weighted by atomic mass is 10.2. The summed E-state index contributed by atoms with van der Waals surface area (Å²) >= 11 is 3.20. The molecule has 2 rings (SSSR count). The molecule has 1 saturated heterocycles. The van der Waals surface area contributed by atoms with Crippen LogP contribution >= 0.6 is 23.3 Å². The van der Waals surface area contributed by atoms with Gasteiger partial charge in [-0.3, -0.25) is 0 Å². The molecule has 4 nitrogen and oxygen atoms in total. The third-order valence-electron chi connectivity index (χ3n) is 2.10. The number of nitrogen functional groups attached to an aromatic ring is 1. The largest absolute Gasteiger partial charge is 0.382 e. The van der Waals surface area contributed by atoms with Crippen molar-refractivity contribution in [1.82, 2.24) is 4.37 Å². The summed E-state index contributed by atoms with van der Waals surface area (Å²) in [6.07, 6.45) is 1.15. The molecule has 0 radical (unpaired) electrons. The van der Waals surface area contributed by atoms with Gasteiger partial charge in [0.2, 0.25) is 0 Å². The Morgan fingerprint density at radius 2 is 2.50 bits per heavy atom. The fourth-order valence-corrected chi connectivity index (χ4v) is 3.24. The minimum atomic E-state index is 0.339. The van der Waals surface area contributed by atoms with Gasteiger partial charge in [-0.1, -0.05) is 0 Å². The standard InChI is InChI=1S/C8H10N4S2/c9-3-6-7(10)12-14-8(6)11-5-1-2-13-4-5/h5,11H,1-2,4H2,(H2,10,12). The van der Waals surface area contributed by atoms with Gasteiger partial charge in [-0.05, 0) is 23.7 Å². The number of nitrogens with zero attached hydrogens (tertiary/aromatic N) is 2. The average molecular weight is 226 g/mol.